The molecule has 0 fully saturated rings. The molecule has 0 heterocycles. The summed E-state index contributed by atoms with van der Waals surface area (Å²) in [5.74, 6) is -0.439. The number of carbonyl (C=O) groups is 2. The number of hydrogen-bond donors (Lipinski definition) is 3. The predicted octanol–water partition coefficient (Wildman–Crippen LogP) is 1.93. The number of carboxylic acid groups (broad SMARTS) is 1. The van der Waals surface area contributed by atoms with E-state index in [1.54, 1.807) is 6.92 Å². The number of amides is 1. The number of rotatable bonds is 10. The average Bonchev–Trinajstić information content (AvgIpc) is 2.30. The van der Waals surface area contributed by atoms with Crippen molar-refractivity contribution in [1.82, 2.24) is 5.32 Å². The Kier molecular flexibility index (Phi) is 8.39. The molecule has 0 aliphatic heterocycles. The number of unbranched alkanes of at least 4 members (excludes halogenated alkanes) is 1. The van der Waals surface area contributed by atoms with Crippen molar-refractivity contribution >= 4 is 11.9 Å². The Balaban J connectivity index is 3.73. The lowest BCUT2D eigenvalue weighted by atomic mass is 9.95. The monoisotopic (exact) mass is 273 g/mol. The molecule has 1 unspecified atom stereocenters. The Morgan fingerprint density at radius 1 is 1.21 bits per heavy atom. The van der Waals surface area contributed by atoms with Gasteiger partial charge < -0.3 is 15.5 Å². The van der Waals surface area contributed by atoms with Crippen molar-refractivity contribution in [1.29, 1.82) is 0 Å². The smallest absolute Gasteiger partial charge is 0.303 e. The fourth-order valence-corrected chi connectivity index (χ4v) is 1.63. The average molecular weight is 273 g/mol. The van der Waals surface area contributed by atoms with Crippen LogP contribution in [0.3, 0.4) is 0 Å². The SMILES string of the molecule is CC(C)CCC(C)(O)CNC(=O)CCCCC(=O)O. The summed E-state index contributed by atoms with van der Waals surface area (Å²) in [4.78, 5) is 21.8. The third kappa shape index (κ3) is 11.7. The van der Waals surface area contributed by atoms with Gasteiger partial charge in [0.2, 0.25) is 5.91 Å². The molecule has 1 atom stereocenters. The summed E-state index contributed by atoms with van der Waals surface area (Å²) in [7, 11) is 0. The van der Waals surface area contributed by atoms with Gasteiger partial charge in [-0.25, -0.2) is 0 Å². The third-order valence-electron chi connectivity index (χ3n) is 2.97. The Morgan fingerprint density at radius 2 is 1.79 bits per heavy atom. The van der Waals surface area contributed by atoms with E-state index in [9.17, 15) is 14.7 Å². The third-order valence-corrected chi connectivity index (χ3v) is 2.97. The maximum atomic E-state index is 11.5. The number of nitrogens with one attached hydrogen (secondary N) is 1. The molecular weight excluding hydrogens is 246 g/mol. The molecule has 0 aromatic carbocycles. The molecule has 5 nitrogen and oxygen atoms in total. The maximum Gasteiger partial charge on any atom is 0.303 e. The van der Waals surface area contributed by atoms with Crippen LogP contribution in [0.25, 0.3) is 0 Å². The maximum absolute atomic E-state index is 11.5. The molecule has 0 saturated heterocycles. The van der Waals surface area contributed by atoms with E-state index < -0.39 is 11.6 Å². The molecule has 1 amide bonds. The lowest BCUT2D eigenvalue weighted by Crippen LogP contribution is -2.40. The van der Waals surface area contributed by atoms with Crippen molar-refractivity contribution in [3.05, 3.63) is 0 Å². The second-order valence-corrected chi connectivity index (χ2v) is 5.81. The van der Waals surface area contributed by atoms with E-state index in [1.807, 2.05) is 0 Å². The molecule has 0 aromatic heterocycles. The number of aliphatic hydroxyl groups is 1. The summed E-state index contributed by atoms with van der Waals surface area (Å²) >= 11 is 0. The van der Waals surface area contributed by atoms with Gasteiger partial charge in [0.1, 0.15) is 0 Å². The number of carboxylic acids is 1. The Morgan fingerprint density at radius 3 is 2.32 bits per heavy atom. The summed E-state index contributed by atoms with van der Waals surface area (Å²) in [5, 5.41) is 21.2. The number of carbonyl (C=O) groups excluding carboxylic acids is 1. The molecule has 0 rings (SSSR count). The second kappa shape index (κ2) is 8.91. The highest BCUT2D eigenvalue weighted by molar-refractivity contribution is 5.76. The highest BCUT2D eigenvalue weighted by Gasteiger charge is 2.21. The minimum Gasteiger partial charge on any atom is -0.481 e. The minimum absolute atomic E-state index is 0.0966. The highest BCUT2D eigenvalue weighted by atomic mass is 16.4. The molecule has 0 aliphatic carbocycles. The molecular formula is C14H27NO4. The summed E-state index contributed by atoms with van der Waals surface area (Å²) < 4.78 is 0. The number of hydrogen-bond acceptors (Lipinski definition) is 3. The predicted molar refractivity (Wildman–Crippen MR) is 73.8 cm³/mol. The molecule has 0 spiro atoms. The molecule has 5 heteroatoms. The largest absolute Gasteiger partial charge is 0.481 e. The summed E-state index contributed by atoms with van der Waals surface area (Å²) in [5.41, 5.74) is -0.874. The van der Waals surface area contributed by atoms with Gasteiger partial charge in [-0.15, -0.1) is 0 Å². The standard InChI is InChI=1S/C14H27NO4/c1-11(2)8-9-14(3,19)10-15-12(16)6-4-5-7-13(17)18/h11,19H,4-10H2,1-3H3,(H,15,16)(H,17,18). The molecule has 0 bridgehead atoms. The van der Waals surface area contributed by atoms with Gasteiger partial charge in [0.15, 0.2) is 0 Å². The first-order chi connectivity index (χ1) is 8.73. The molecule has 0 radical (unpaired) electrons. The van der Waals surface area contributed by atoms with E-state index in [-0.39, 0.29) is 18.9 Å². The van der Waals surface area contributed by atoms with Gasteiger partial charge in [-0.05, 0) is 38.5 Å². The van der Waals surface area contributed by atoms with Crippen LogP contribution in [0.5, 0.6) is 0 Å². The normalized spacial score (nSPS) is 14.2. The van der Waals surface area contributed by atoms with Gasteiger partial charge in [-0.3, -0.25) is 9.59 Å². The molecule has 19 heavy (non-hydrogen) atoms. The topological polar surface area (TPSA) is 86.6 Å². The van der Waals surface area contributed by atoms with E-state index in [0.29, 0.717) is 31.6 Å². The molecule has 0 aliphatic rings. The van der Waals surface area contributed by atoms with E-state index in [1.165, 1.54) is 0 Å². The van der Waals surface area contributed by atoms with E-state index in [0.717, 1.165) is 6.42 Å². The fourth-order valence-electron chi connectivity index (χ4n) is 1.63. The second-order valence-electron chi connectivity index (χ2n) is 5.81. The summed E-state index contributed by atoms with van der Waals surface area (Å²) in [6.07, 6.45) is 3.05. The van der Waals surface area contributed by atoms with Crippen LogP contribution in [0.2, 0.25) is 0 Å². The summed E-state index contributed by atoms with van der Waals surface area (Å²) in [6.45, 7) is 6.16. The lowest BCUT2D eigenvalue weighted by Gasteiger charge is -2.24. The van der Waals surface area contributed by atoms with Gasteiger partial charge in [-0.1, -0.05) is 13.8 Å². The van der Waals surface area contributed by atoms with Crippen molar-refractivity contribution in [2.24, 2.45) is 5.92 Å². The van der Waals surface area contributed by atoms with Crippen LogP contribution in [0, 0.1) is 5.92 Å². The van der Waals surface area contributed by atoms with Crippen LogP contribution in [0.15, 0.2) is 0 Å². The van der Waals surface area contributed by atoms with Crippen molar-refractivity contribution in [3.63, 3.8) is 0 Å². The van der Waals surface area contributed by atoms with Gasteiger partial charge in [0.05, 0.1) is 5.60 Å². The Bertz CT molecular complexity index is 287. The van der Waals surface area contributed by atoms with Crippen LogP contribution < -0.4 is 5.32 Å². The van der Waals surface area contributed by atoms with Crippen molar-refractivity contribution in [2.45, 2.75) is 64.9 Å². The minimum atomic E-state index is -0.874. The van der Waals surface area contributed by atoms with Crippen LogP contribution >= 0.6 is 0 Å². The zero-order valence-electron chi connectivity index (χ0n) is 12.2. The first kappa shape index (κ1) is 17.9. The van der Waals surface area contributed by atoms with Crippen LogP contribution in [-0.2, 0) is 9.59 Å². The first-order valence-electron chi connectivity index (χ1n) is 6.94. The first-order valence-corrected chi connectivity index (χ1v) is 6.94. The van der Waals surface area contributed by atoms with Gasteiger partial charge in [-0.2, -0.15) is 0 Å². The summed E-state index contributed by atoms with van der Waals surface area (Å²) in [6, 6.07) is 0. The van der Waals surface area contributed by atoms with Crippen LogP contribution in [0.1, 0.15) is 59.3 Å². The lowest BCUT2D eigenvalue weighted by molar-refractivity contribution is -0.137. The van der Waals surface area contributed by atoms with E-state index in [4.69, 9.17) is 5.11 Å². The zero-order chi connectivity index (χ0) is 14.9. The number of aliphatic carboxylic acids is 1. The van der Waals surface area contributed by atoms with Gasteiger partial charge in [0, 0.05) is 19.4 Å². The van der Waals surface area contributed by atoms with Gasteiger partial charge in [0.25, 0.3) is 0 Å². The van der Waals surface area contributed by atoms with Crippen LogP contribution in [0.4, 0.5) is 0 Å². The van der Waals surface area contributed by atoms with Crippen molar-refractivity contribution in [2.75, 3.05) is 6.54 Å². The van der Waals surface area contributed by atoms with E-state index >= 15 is 0 Å². The van der Waals surface area contributed by atoms with Crippen LogP contribution in [-0.4, -0.2) is 34.2 Å². The Labute approximate surface area is 115 Å². The van der Waals surface area contributed by atoms with Gasteiger partial charge >= 0.3 is 5.97 Å². The highest BCUT2D eigenvalue weighted by Crippen LogP contribution is 2.15. The quantitative estimate of drug-likeness (QED) is 0.531. The Hall–Kier alpha value is -1.10. The molecule has 0 saturated carbocycles. The van der Waals surface area contributed by atoms with Crippen molar-refractivity contribution < 1.29 is 19.8 Å². The molecule has 112 valence electrons. The van der Waals surface area contributed by atoms with Crippen molar-refractivity contribution in [3.8, 4) is 0 Å². The molecule has 3 N–H and O–H groups in total. The fraction of sp³-hybridized carbons (Fsp3) is 0.857. The zero-order valence-corrected chi connectivity index (χ0v) is 12.2. The van der Waals surface area contributed by atoms with E-state index in [2.05, 4.69) is 19.2 Å². The molecule has 0 aromatic rings.